The highest BCUT2D eigenvalue weighted by Gasteiger charge is 2.17. The van der Waals surface area contributed by atoms with Crippen LogP contribution in [0.5, 0.6) is 11.5 Å². The fraction of sp³-hybridized carbons (Fsp3) is 0.190. The molecule has 2 aromatic carbocycles. The van der Waals surface area contributed by atoms with Crippen LogP contribution in [0.4, 0.5) is 0 Å². The third kappa shape index (κ3) is 3.94. The Morgan fingerprint density at radius 2 is 1.78 bits per heavy atom. The lowest BCUT2D eigenvalue weighted by molar-refractivity contribution is 0.0789. The van der Waals surface area contributed by atoms with Crippen molar-refractivity contribution in [2.45, 2.75) is 6.54 Å². The van der Waals surface area contributed by atoms with Gasteiger partial charge in [0.1, 0.15) is 13.2 Å². The minimum absolute atomic E-state index is 0.00453. The number of hydrogen-bond donors (Lipinski definition) is 0. The van der Waals surface area contributed by atoms with Gasteiger partial charge in [-0.25, -0.2) is 0 Å². The number of nitrogens with zero attached hydrogens (tertiary/aromatic N) is 1. The minimum atomic E-state index is -0.00453. The lowest BCUT2D eigenvalue weighted by atomic mass is 10.2. The fourth-order valence-electron chi connectivity index (χ4n) is 2.94. The van der Waals surface area contributed by atoms with Crippen molar-refractivity contribution >= 4 is 28.8 Å². The summed E-state index contributed by atoms with van der Waals surface area (Å²) in [5, 5.41) is 0.700. The number of amides is 1. The Hall–Kier alpha value is -2.50. The Morgan fingerprint density at radius 3 is 2.56 bits per heavy atom. The van der Waals surface area contributed by atoms with Gasteiger partial charge in [0.05, 0.1) is 4.88 Å². The summed E-state index contributed by atoms with van der Waals surface area (Å²) in [7, 11) is 1.81. The van der Waals surface area contributed by atoms with Crippen molar-refractivity contribution in [2.75, 3.05) is 20.3 Å². The van der Waals surface area contributed by atoms with E-state index in [1.54, 1.807) is 11.9 Å². The van der Waals surface area contributed by atoms with Crippen LogP contribution in [0, 0.1) is 0 Å². The van der Waals surface area contributed by atoms with Gasteiger partial charge in [0.2, 0.25) is 0 Å². The Kier molecular flexibility index (Phi) is 5.05. The van der Waals surface area contributed by atoms with E-state index in [0.29, 0.717) is 29.7 Å². The van der Waals surface area contributed by atoms with Crippen molar-refractivity contribution in [1.29, 1.82) is 0 Å². The van der Waals surface area contributed by atoms with Gasteiger partial charge in [0.25, 0.3) is 5.91 Å². The zero-order valence-electron chi connectivity index (χ0n) is 14.8. The van der Waals surface area contributed by atoms with E-state index in [0.717, 1.165) is 27.5 Å². The highest BCUT2D eigenvalue weighted by Crippen LogP contribution is 2.32. The number of thiophene rings is 1. The number of hydrogen-bond acceptors (Lipinski definition) is 4. The summed E-state index contributed by atoms with van der Waals surface area (Å²) in [6, 6.07) is 17.3. The third-order valence-corrected chi connectivity index (χ3v) is 5.69. The van der Waals surface area contributed by atoms with Crippen molar-refractivity contribution < 1.29 is 14.3 Å². The van der Waals surface area contributed by atoms with E-state index in [1.165, 1.54) is 11.3 Å². The summed E-state index contributed by atoms with van der Waals surface area (Å²) >= 11 is 7.43. The highest BCUT2D eigenvalue weighted by atomic mass is 35.5. The molecule has 138 valence electrons. The normalized spacial score (nSPS) is 12.7. The Balaban J connectivity index is 1.47. The molecule has 0 N–H and O–H groups in total. The molecule has 0 unspecified atom stereocenters. The Bertz CT molecular complexity index is 968. The van der Waals surface area contributed by atoms with Crippen molar-refractivity contribution in [1.82, 2.24) is 4.90 Å². The van der Waals surface area contributed by atoms with Gasteiger partial charge < -0.3 is 14.4 Å². The largest absolute Gasteiger partial charge is 0.486 e. The summed E-state index contributed by atoms with van der Waals surface area (Å²) in [5.74, 6) is 1.49. The van der Waals surface area contributed by atoms with Gasteiger partial charge in [-0.3, -0.25) is 4.79 Å². The molecule has 0 saturated heterocycles. The quantitative estimate of drug-likeness (QED) is 0.611. The average molecular weight is 400 g/mol. The van der Waals surface area contributed by atoms with Gasteiger partial charge in [0, 0.05) is 23.5 Å². The molecule has 0 fully saturated rings. The van der Waals surface area contributed by atoms with Crippen LogP contribution in [0.25, 0.3) is 10.4 Å². The van der Waals surface area contributed by atoms with Crippen LogP contribution in [0.3, 0.4) is 0 Å². The van der Waals surface area contributed by atoms with Crippen LogP contribution in [0.1, 0.15) is 15.2 Å². The van der Waals surface area contributed by atoms with E-state index in [2.05, 4.69) is 0 Å². The molecule has 1 amide bonds. The van der Waals surface area contributed by atoms with E-state index in [-0.39, 0.29) is 5.91 Å². The molecule has 4 rings (SSSR count). The van der Waals surface area contributed by atoms with Gasteiger partial charge in [-0.2, -0.15) is 0 Å². The molecular weight excluding hydrogens is 382 g/mol. The van der Waals surface area contributed by atoms with Gasteiger partial charge in [-0.1, -0.05) is 29.8 Å². The maximum absolute atomic E-state index is 12.8. The van der Waals surface area contributed by atoms with E-state index in [9.17, 15) is 4.79 Å². The molecule has 1 aliphatic rings. The SMILES string of the molecule is CN(Cc1ccc2c(c1)OCCO2)C(=O)c1ccc(-c2ccc(Cl)cc2)s1. The van der Waals surface area contributed by atoms with Gasteiger partial charge in [-0.05, 0) is 47.5 Å². The predicted octanol–water partition coefficient (Wildman–Crippen LogP) is 5.11. The molecule has 6 heteroatoms. The zero-order chi connectivity index (χ0) is 18.8. The van der Waals surface area contributed by atoms with Crippen LogP contribution in [-0.2, 0) is 6.54 Å². The van der Waals surface area contributed by atoms with E-state index < -0.39 is 0 Å². The lowest BCUT2D eigenvalue weighted by Gasteiger charge is -2.21. The lowest BCUT2D eigenvalue weighted by Crippen LogP contribution is -2.25. The summed E-state index contributed by atoms with van der Waals surface area (Å²) in [4.78, 5) is 16.3. The summed E-state index contributed by atoms with van der Waals surface area (Å²) in [5.41, 5.74) is 2.06. The number of benzene rings is 2. The van der Waals surface area contributed by atoms with Gasteiger partial charge >= 0.3 is 0 Å². The molecule has 0 spiro atoms. The number of rotatable bonds is 4. The van der Waals surface area contributed by atoms with E-state index in [4.69, 9.17) is 21.1 Å². The molecule has 2 heterocycles. The first-order chi connectivity index (χ1) is 13.1. The maximum atomic E-state index is 12.8. The topological polar surface area (TPSA) is 38.8 Å². The second-order valence-corrected chi connectivity index (χ2v) is 7.83. The van der Waals surface area contributed by atoms with E-state index in [1.807, 2.05) is 54.6 Å². The highest BCUT2D eigenvalue weighted by molar-refractivity contribution is 7.17. The van der Waals surface area contributed by atoms with Gasteiger partial charge in [-0.15, -0.1) is 11.3 Å². The Labute approximate surface area is 166 Å². The first-order valence-corrected chi connectivity index (χ1v) is 9.79. The van der Waals surface area contributed by atoms with Crippen molar-refractivity contribution in [3.8, 4) is 21.9 Å². The molecule has 0 bridgehead atoms. The number of halogens is 1. The van der Waals surface area contributed by atoms with E-state index >= 15 is 0 Å². The first-order valence-electron chi connectivity index (χ1n) is 8.60. The van der Waals surface area contributed by atoms with Crippen molar-refractivity contribution in [3.05, 3.63) is 70.1 Å². The number of carbonyl (C=O) groups excluding carboxylic acids is 1. The van der Waals surface area contributed by atoms with Crippen LogP contribution < -0.4 is 9.47 Å². The number of carbonyl (C=O) groups is 1. The molecule has 0 radical (unpaired) electrons. The summed E-state index contributed by atoms with van der Waals surface area (Å²) in [6.45, 7) is 1.62. The monoisotopic (exact) mass is 399 g/mol. The predicted molar refractivity (Wildman–Crippen MR) is 108 cm³/mol. The average Bonchev–Trinajstić information content (AvgIpc) is 3.18. The fourth-order valence-corrected chi connectivity index (χ4v) is 4.07. The second kappa shape index (κ2) is 7.62. The van der Waals surface area contributed by atoms with Crippen LogP contribution in [-0.4, -0.2) is 31.1 Å². The van der Waals surface area contributed by atoms with Crippen LogP contribution in [0.2, 0.25) is 5.02 Å². The summed E-state index contributed by atoms with van der Waals surface area (Å²) in [6.07, 6.45) is 0. The standard InChI is InChI=1S/C21H18ClNO3S/c1-23(13-14-2-7-17-18(12-14)26-11-10-25-17)21(24)20-9-8-19(27-20)15-3-5-16(22)6-4-15/h2-9,12H,10-11,13H2,1H3. The molecular formula is C21H18ClNO3S. The Morgan fingerprint density at radius 1 is 1.04 bits per heavy atom. The molecule has 0 saturated carbocycles. The maximum Gasteiger partial charge on any atom is 0.263 e. The molecule has 27 heavy (non-hydrogen) atoms. The molecule has 4 nitrogen and oxygen atoms in total. The second-order valence-electron chi connectivity index (χ2n) is 6.31. The molecule has 0 aliphatic carbocycles. The minimum Gasteiger partial charge on any atom is -0.486 e. The molecule has 0 atom stereocenters. The van der Waals surface area contributed by atoms with Crippen molar-refractivity contribution in [3.63, 3.8) is 0 Å². The van der Waals surface area contributed by atoms with Gasteiger partial charge in [0.15, 0.2) is 11.5 Å². The molecule has 1 aromatic heterocycles. The summed E-state index contributed by atoms with van der Waals surface area (Å²) < 4.78 is 11.2. The first kappa shape index (κ1) is 17.9. The molecule has 3 aromatic rings. The van der Waals surface area contributed by atoms with Crippen LogP contribution >= 0.6 is 22.9 Å². The smallest absolute Gasteiger partial charge is 0.263 e. The number of fused-ring (bicyclic) bond motifs is 1. The molecule has 1 aliphatic heterocycles. The van der Waals surface area contributed by atoms with Crippen LogP contribution in [0.15, 0.2) is 54.6 Å². The number of ether oxygens (including phenoxy) is 2. The zero-order valence-corrected chi connectivity index (χ0v) is 16.3. The third-order valence-electron chi connectivity index (χ3n) is 4.32. The van der Waals surface area contributed by atoms with Crippen molar-refractivity contribution in [2.24, 2.45) is 0 Å².